The fraction of sp³-hybridized carbons (Fsp3) is 0.667. The van der Waals surface area contributed by atoms with Gasteiger partial charge in [0, 0.05) is 24.7 Å². The highest BCUT2D eigenvalue weighted by molar-refractivity contribution is 7.91. The van der Waals surface area contributed by atoms with Gasteiger partial charge in [-0.25, -0.2) is 13.1 Å². The van der Waals surface area contributed by atoms with Crippen LogP contribution in [0.4, 0.5) is 13.2 Å². The van der Waals surface area contributed by atoms with E-state index < -0.39 is 33.8 Å². The van der Waals surface area contributed by atoms with Crippen molar-refractivity contribution in [2.24, 2.45) is 16.8 Å². The lowest BCUT2D eigenvalue weighted by Gasteiger charge is -2.34. The largest absolute Gasteiger partial charge is 0.417 e. The van der Waals surface area contributed by atoms with E-state index in [-0.39, 0.29) is 23.6 Å². The minimum atomic E-state index is -4.72. The summed E-state index contributed by atoms with van der Waals surface area (Å²) in [4.78, 5) is 4.62. The second-order valence-corrected chi connectivity index (χ2v) is 11.6. The number of sulfonamides is 1. The molecule has 1 aromatic rings. The lowest BCUT2D eigenvalue weighted by molar-refractivity contribution is -0.267. The molecule has 11 heteroatoms. The van der Waals surface area contributed by atoms with Gasteiger partial charge in [-0.1, -0.05) is 18.6 Å². The highest BCUT2D eigenvalue weighted by atomic mass is 32.2. The van der Waals surface area contributed by atoms with Gasteiger partial charge in [0.25, 0.3) is 0 Å². The highest BCUT2D eigenvalue weighted by Gasteiger charge is 2.54. The van der Waals surface area contributed by atoms with Crippen molar-refractivity contribution < 1.29 is 26.7 Å². The van der Waals surface area contributed by atoms with Crippen LogP contribution in [0.3, 0.4) is 0 Å². The summed E-state index contributed by atoms with van der Waals surface area (Å²) in [6.45, 7) is 2.17. The summed E-state index contributed by atoms with van der Waals surface area (Å²) in [5, 5.41) is 14.9. The van der Waals surface area contributed by atoms with Gasteiger partial charge in [0.2, 0.25) is 10.0 Å². The van der Waals surface area contributed by atoms with Crippen molar-refractivity contribution in [3.05, 3.63) is 29.7 Å². The third-order valence-electron chi connectivity index (χ3n) is 6.18. The van der Waals surface area contributed by atoms with E-state index in [0.29, 0.717) is 18.2 Å². The van der Waals surface area contributed by atoms with Gasteiger partial charge in [0.15, 0.2) is 5.60 Å². The molecule has 2 aliphatic carbocycles. The van der Waals surface area contributed by atoms with E-state index in [2.05, 4.69) is 15.0 Å². The Balaban J connectivity index is 1.65. The number of rotatable bonds is 10. The minimum Gasteiger partial charge on any atom is -0.380 e. The van der Waals surface area contributed by atoms with Gasteiger partial charge < -0.3 is 10.4 Å². The monoisotopic (exact) mass is 493 g/mol. The van der Waals surface area contributed by atoms with Crippen molar-refractivity contribution in [3.8, 4) is 0 Å². The number of nitrogens with zero attached hydrogens (tertiary/aromatic N) is 1. The van der Waals surface area contributed by atoms with Crippen molar-refractivity contribution in [3.63, 3.8) is 0 Å². The molecule has 1 saturated carbocycles. The zero-order valence-corrected chi connectivity index (χ0v) is 19.6. The van der Waals surface area contributed by atoms with Crippen LogP contribution in [0.25, 0.3) is 0 Å². The number of aliphatic hydroxyl groups is 1. The number of alkyl halides is 3. The maximum Gasteiger partial charge on any atom is 0.417 e. The quantitative estimate of drug-likeness (QED) is 0.465. The number of nitrogens with one attached hydrogen (secondary N) is 2. The number of halogens is 3. The van der Waals surface area contributed by atoms with E-state index in [1.54, 1.807) is 11.4 Å². The maximum atomic E-state index is 13.1. The van der Waals surface area contributed by atoms with Gasteiger partial charge in [-0.3, -0.25) is 4.99 Å². The normalized spacial score (nSPS) is 24.3. The Morgan fingerprint density at radius 2 is 2.03 bits per heavy atom. The van der Waals surface area contributed by atoms with Crippen LogP contribution >= 0.6 is 11.3 Å². The van der Waals surface area contributed by atoms with E-state index in [4.69, 9.17) is 0 Å². The molecule has 6 nitrogen and oxygen atoms in total. The average Bonchev–Trinajstić information content (AvgIpc) is 3.23. The summed E-state index contributed by atoms with van der Waals surface area (Å²) in [6, 6.07) is 2.79. The SMILES string of the molecule is CC(O)(C1C=CC(=NC(CNCC2CCC2)CNS(=O)(=O)c2cccs2)CC1)C(F)(F)F. The number of hydrogen-bond acceptors (Lipinski definition) is 6. The molecule has 2 aliphatic rings. The summed E-state index contributed by atoms with van der Waals surface area (Å²) in [5.74, 6) is -0.417. The molecule has 0 aliphatic heterocycles. The second-order valence-electron chi connectivity index (χ2n) is 8.66. The van der Waals surface area contributed by atoms with Crippen LogP contribution in [0.15, 0.2) is 38.9 Å². The van der Waals surface area contributed by atoms with Crippen molar-refractivity contribution >= 4 is 27.1 Å². The molecule has 3 rings (SSSR count). The first-order valence-electron chi connectivity index (χ1n) is 10.8. The van der Waals surface area contributed by atoms with Crippen LogP contribution in [-0.2, 0) is 10.0 Å². The van der Waals surface area contributed by atoms with Gasteiger partial charge in [0.05, 0.1) is 6.04 Å². The highest BCUT2D eigenvalue weighted by Crippen LogP contribution is 2.40. The van der Waals surface area contributed by atoms with Crippen LogP contribution < -0.4 is 10.0 Å². The van der Waals surface area contributed by atoms with Crippen molar-refractivity contribution in [1.29, 1.82) is 0 Å². The molecule has 0 radical (unpaired) electrons. The number of aliphatic imine (C=N–C) groups is 1. The van der Waals surface area contributed by atoms with E-state index in [1.807, 2.05) is 0 Å². The van der Waals surface area contributed by atoms with E-state index in [0.717, 1.165) is 24.8 Å². The Bertz CT molecular complexity index is 908. The fourth-order valence-electron chi connectivity index (χ4n) is 3.74. The molecule has 1 aromatic heterocycles. The van der Waals surface area contributed by atoms with Crippen LogP contribution in [0.5, 0.6) is 0 Å². The Labute approximate surface area is 191 Å². The lowest BCUT2D eigenvalue weighted by atomic mass is 9.81. The molecule has 0 bridgehead atoms. The topological polar surface area (TPSA) is 90.8 Å². The molecule has 0 aromatic carbocycles. The zero-order valence-electron chi connectivity index (χ0n) is 17.9. The van der Waals surface area contributed by atoms with E-state index in [1.165, 1.54) is 37.5 Å². The van der Waals surface area contributed by atoms with Gasteiger partial charge in [-0.2, -0.15) is 13.2 Å². The molecule has 1 fully saturated rings. The third kappa shape index (κ3) is 6.40. The summed E-state index contributed by atoms with van der Waals surface area (Å²) in [7, 11) is -3.64. The summed E-state index contributed by atoms with van der Waals surface area (Å²) in [6.07, 6.45) is 2.14. The van der Waals surface area contributed by atoms with E-state index >= 15 is 0 Å². The number of hydrogen-bond donors (Lipinski definition) is 3. The Hall–Kier alpha value is -1.27. The van der Waals surface area contributed by atoms with Crippen LogP contribution in [0, 0.1) is 11.8 Å². The van der Waals surface area contributed by atoms with Crippen molar-refractivity contribution in [1.82, 2.24) is 10.0 Å². The van der Waals surface area contributed by atoms with Crippen LogP contribution in [-0.4, -0.2) is 56.7 Å². The Morgan fingerprint density at radius 3 is 2.56 bits per heavy atom. The molecule has 3 N–H and O–H groups in total. The van der Waals surface area contributed by atoms with Gasteiger partial charge in [-0.05, 0) is 62.6 Å². The second kappa shape index (κ2) is 10.3. The predicted molar refractivity (Wildman–Crippen MR) is 119 cm³/mol. The third-order valence-corrected chi connectivity index (χ3v) is 9.00. The molecule has 3 unspecified atom stereocenters. The molecule has 0 amide bonds. The molecule has 180 valence electrons. The van der Waals surface area contributed by atoms with Crippen LogP contribution in [0.1, 0.15) is 39.0 Å². The number of thiophene rings is 1. The van der Waals surface area contributed by atoms with Crippen molar-refractivity contribution in [2.75, 3.05) is 19.6 Å². The first-order valence-corrected chi connectivity index (χ1v) is 13.1. The average molecular weight is 494 g/mol. The minimum absolute atomic E-state index is 0.0823. The van der Waals surface area contributed by atoms with E-state index in [9.17, 15) is 26.7 Å². The molecule has 0 saturated heterocycles. The lowest BCUT2D eigenvalue weighted by Crippen LogP contribution is -2.48. The van der Waals surface area contributed by atoms with Crippen LogP contribution in [0.2, 0.25) is 0 Å². The predicted octanol–water partition coefficient (Wildman–Crippen LogP) is 3.51. The Kier molecular flexibility index (Phi) is 8.19. The maximum absolute atomic E-state index is 13.1. The summed E-state index contributed by atoms with van der Waals surface area (Å²) in [5.41, 5.74) is -2.19. The molecule has 3 atom stereocenters. The first-order chi connectivity index (χ1) is 15.0. The molecule has 1 heterocycles. The molecule has 0 spiro atoms. The summed E-state index contributed by atoms with van der Waals surface area (Å²) >= 11 is 1.13. The van der Waals surface area contributed by atoms with Gasteiger partial charge >= 0.3 is 6.18 Å². The molecular weight excluding hydrogens is 463 g/mol. The fourth-order valence-corrected chi connectivity index (χ4v) is 5.85. The van der Waals surface area contributed by atoms with Gasteiger partial charge in [0.1, 0.15) is 4.21 Å². The zero-order chi connectivity index (χ0) is 23.4. The number of allylic oxidation sites excluding steroid dienone is 1. The standard InChI is InChI=1S/C21H30F3N3O3S2/c1-20(28,21(22,23)24)16-7-9-17(10-8-16)27-18(13-25-12-15-4-2-5-15)14-26-32(29,30)19-6-3-11-31-19/h3,6-7,9,11,15-16,18,25-26,28H,2,4-5,8,10,12-14H2,1H3. The van der Waals surface area contributed by atoms with Gasteiger partial charge in [-0.15, -0.1) is 11.3 Å². The summed E-state index contributed by atoms with van der Waals surface area (Å²) < 4.78 is 67.0. The smallest absolute Gasteiger partial charge is 0.380 e. The first kappa shape index (κ1) is 25.4. The molecule has 32 heavy (non-hydrogen) atoms. The Morgan fingerprint density at radius 1 is 1.28 bits per heavy atom. The van der Waals surface area contributed by atoms with Crippen molar-refractivity contribution in [2.45, 2.75) is 61.1 Å². The molecular formula is C21H30F3N3O3S2.